The summed E-state index contributed by atoms with van der Waals surface area (Å²) in [6, 6.07) is 11.0. The van der Waals surface area contributed by atoms with Gasteiger partial charge in [-0.2, -0.15) is 52.7 Å². The molecular formula is C74H82F14N16O10. The SMILES string of the molecule is CCc1c(C(=O)N2CCNCC2)ccc(Nc2nccn3c(-c4ccc(OC(F)F)c(F)c4F)cnc23)c1C(=O)C1CC[N+](C)(CCN)CC1.CCc1c(C(=O)N2CCNCC2)ccc(Nc2nccn3c(-c4ccc(OC(F)F)c(F)c4F)cnc23)c1C(=O)C1CC[N+](C)(CCN)CC1.O=C([O-])C(F)(F)F.O=C([O-])C(F)(F)F. The molecule has 8 heterocycles. The van der Waals surface area contributed by atoms with Crippen LogP contribution in [0.15, 0.2) is 85.7 Å². The molecule has 0 spiro atoms. The van der Waals surface area contributed by atoms with Crippen molar-refractivity contribution in [2.75, 3.05) is 129 Å². The second-order valence-corrected chi connectivity index (χ2v) is 27.5. The molecule has 26 nitrogen and oxygen atoms in total. The number of ether oxygens (including phenoxy) is 2. The maximum absolute atomic E-state index is 15.1. The Labute approximate surface area is 642 Å². The number of imidazole rings is 2. The Balaban J connectivity index is 0.000000223. The number of carboxylic acids is 2. The number of aromatic nitrogens is 6. The van der Waals surface area contributed by atoms with Gasteiger partial charge >= 0.3 is 25.6 Å². The van der Waals surface area contributed by atoms with Crippen LogP contribution in [0.2, 0.25) is 0 Å². The molecule has 0 atom stereocenters. The Morgan fingerprint density at radius 2 is 0.868 bits per heavy atom. The number of amides is 2. The molecule has 40 heteroatoms. The van der Waals surface area contributed by atoms with Crippen molar-refractivity contribution in [3.05, 3.63) is 142 Å². The fourth-order valence-electron chi connectivity index (χ4n) is 14.2. The number of piperazine rings is 2. The number of ketones is 2. The van der Waals surface area contributed by atoms with Crippen molar-refractivity contribution in [1.82, 2.24) is 49.2 Å². The monoisotopic (exact) mass is 1620 g/mol. The average molecular weight is 1620 g/mol. The van der Waals surface area contributed by atoms with Crippen molar-refractivity contribution >= 4 is 69.6 Å². The van der Waals surface area contributed by atoms with Gasteiger partial charge in [-0.3, -0.25) is 28.0 Å². The van der Waals surface area contributed by atoms with E-state index in [9.17, 15) is 71.9 Å². The number of alkyl halides is 10. The Morgan fingerprint density at radius 1 is 0.535 bits per heavy atom. The van der Waals surface area contributed by atoms with Crippen LogP contribution in [0.3, 0.4) is 0 Å². The zero-order valence-electron chi connectivity index (χ0n) is 61.9. The number of fused-ring (bicyclic) bond motifs is 2. The number of hydrogen-bond donors (Lipinski definition) is 6. The number of quaternary nitrogens is 2. The minimum atomic E-state index is -5.19. The van der Waals surface area contributed by atoms with E-state index < -0.39 is 72.3 Å². The lowest BCUT2D eigenvalue weighted by molar-refractivity contribution is -0.913. The number of hydrogen-bond acceptors (Lipinski definition) is 20. The third-order valence-corrected chi connectivity index (χ3v) is 20.1. The summed E-state index contributed by atoms with van der Waals surface area (Å²) in [4.78, 5) is 95.6. The van der Waals surface area contributed by atoms with Crippen LogP contribution in [0.5, 0.6) is 11.5 Å². The molecule has 0 bridgehead atoms. The zero-order chi connectivity index (χ0) is 83.3. The number of nitrogens with two attached hydrogens (primary N) is 2. The maximum Gasteiger partial charge on any atom is 0.430 e. The molecule has 114 heavy (non-hydrogen) atoms. The van der Waals surface area contributed by atoms with E-state index in [1.807, 2.05) is 13.8 Å². The molecule has 8 N–H and O–H groups in total. The van der Waals surface area contributed by atoms with Crippen LogP contribution >= 0.6 is 0 Å². The first-order valence-electron chi connectivity index (χ1n) is 36.1. The second kappa shape index (κ2) is 37.5. The van der Waals surface area contributed by atoms with E-state index in [0.29, 0.717) is 149 Å². The number of benzene rings is 4. The Bertz CT molecular complexity index is 4490. The molecule has 12 rings (SSSR count). The van der Waals surface area contributed by atoms with Gasteiger partial charge in [0.15, 0.2) is 57.6 Å². The highest BCUT2D eigenvalue weighted by Gasteiger charge is 2.40. The lowest BCUT2D eigenvalue weighted by Gasteiger charge is -2.40. The van der Waals surface area contributed by atoms with Crippen LogP contribution < -0.4 is 52.4 Å². The van der Waals surface area contributed by atoms with E-state index >= 15 is 8.78 Å². The van der Waals surface area contributed by atoms with Crippen LogP contribution in [0.1, 0.15) is 92.1 Å². The Kier molecular flexibility index (Phi) is 28.7. The van der Waals surface area contributed by atoms with Crippen molar-refractivity contribution in [2.24, 2.45) is 23.3 Å². The molecule has 4 saturated heterocycles. The largest absolute Gasteiger partial charge is 0.542 e. The van der Waals surface area contributed by atoms with Crippen LogP contribution in [0, 0.1) is 35.1 Å². The summed E-state index contributed by atoms with van der Waals surface area (Å²) in [5.74, 6) is -14.1. The topological polar surface area (TPSA) is 334 Å². The van der Waals surface area contributed by atoms with Gasteiger partial charge in [-0.05, 0) is 72.5 Å². The van der Waals surface area contributed by atoms with Gasteiger partial charge < -0.3 is 80.8 Å². The van der Waals surface area contributed by atoms with Gasteiger partial charge in [-0.15, -0.1) is 0 Å². The van der Waals surface area contributed by atoms with Gasteiger partial charge in [0.1, 0.15) is 11.9 Å². The van der Waals surface area contributed by atoms with Crippen molar-refractivity contribution in [3.8, 4) is 34.0 Å². The molecular weight excluding hydrogens is 1540 g/mol. The number of carbonyl (C=O) groups is 6. The van der Waals surface area contributed by atoms with E-state index in [2.05, 4.69) is 64.8 Å². The Morgan fingerprint density at radius 3 is 1.17 bits per heavy atom. The predicted octanol–water partition coefficient (Wildman–Crippen LogP) is 7.85. The third-order valence-electron chi connectivity index (χ3n) is 20.1. The quantitative estimate of drug-likeness (QED) is 0.0214. The number of Topliss-reactive ketones (excluding diaryl/α,β-unsaturated/α-hetero) is 2. The number of carbonyl (C=O) groups excluding carboxylic acids is 6. The number of likely N-dealkylation sites (N-methyl/N-ethyl adjacent to an activating group) is 2. The normalized spacial score (nSPS) is 18.6. The molecule has 4 aromatic heterocycles. The molecule has 4 aliphatic rings. The molecule has 0 aliphatic carbocycles. The number of aliphatic carboxylic acids is 2. The van der Waals surface area contributed by atoms with E-state index in [0.717, 1.165) is 72.5 Å². The standard InChI is InChI=1S/2C35H40F4N8O3.2C2HF3O2/c2*1-3-22-23(34(49)45-14-11-41-12-15-45)4-6-25(28(22)31(48)21-8-17-47(2,18-9-21)19-10-40)44-32-33-43-20-26(46(33)16-13-42-32)24-5-7-27(50-35(38)39)30(37)29(24)36;2*3-2(4,5)1(6)7/h2*4-7,13,16,20-21,35,41H,3,8-12,14-15,17-19,40H2,1-2H3;2*(H,6,7). The number of carboxylic acid groups (broad SMARTS) is 2. The van der Waals surface area contributed by atoms with Gasteiger partial charge in [-0.1, -0.05) is 13.8 Å². The fourth-order valence-corrected chi connectivity index (χ4v) is 14.2. The lowest BCUT2D eigenvalue weighted by atomic mass is 9.83. The molecule has 0 unspecified atom stereocenters. The van der Waals surface area contributed by atoms with Crippen molar-refractivity contribution in [2.45, 2.75) is 77.9 Å². The summed E-state index contributed by atoms with van der Waals surface area (Å²) in [6.45, 7) is 8.21. The molecule has 616 valence electrons. The summed E-state index contributed by atoms with van der Waals surface area (Å²) >= 11 is 0. The summed E-state index contributed by atoms with van der Waals surface area (Å²) in [7, 11) is 4.31. The Hall–Kier alpha value is -10.7. The lowest BCUT2D eigenvalue weighted by Crippen LogP contribution is -2.53. The highest BCUT2D eigenvalue weighted by Crippen LogP contribution is 2.40. The molecule has 0 radical (unpaired) electrons. The summed E-state index contributed by atoms with van der Waals surface area (Å²) in [5, 5.41) is 30.6. The van der Waals surface area contributed by atoms with Gasteiger partial charge in [-0.25, -0.2) is 28.7 Å². The number of nitrogens with one attached hydrogen (secondary N) is 4. The zero-order valence-corrected chi connectivity index (χ0v) is 61.9. The van der Waals surface area contributed by atoms with E-state index in [4.69, 9.17) is 31.3 Å². The number of anilines is 4. The highest BCUT2D eigenvalue weighted by atomic mass is 19.4. The molecule has 0 saturated carbocycles. The van der Waals surface area contributed by atoms with Crippen molar-refractivity contribution in [1.29, 1.82) is 0 Å². The van der Waals surface area contributed by atoms with Crippen LogP contribution in [0.4, 0.5) is 84.5 Å². The van der Waals surface area contributed by atoms with Gasteiger partial charge in [0, 0.05) is 161 Å². The van der Waals surface area contributed by atoms with Gasteiger partial charge in [0.25, 0.3) is 11.8 Å². The maximum atomic E-state index is 15.1. The molecule has 4 aromatic carbocycles. The molecule has 4 aliphatic heterocycles. The van der Waals surface area contributed by atoms with Crippen LogP contribution in [-0.2, 0) is 22.4 Å². The summed E-state index contributed by atoms with van der Waals surface area (Å²) < 4.78 is 186. The minimum Gasteiger partial charge on any atom is -0.542 e. The van der Waals surface area contributed by atoms with Crippen molar-refractivity contribution in [3.63, 3.8) is 0 Å². The molecule has 2 amide bonds. The van der Waals surface area contributed by atoms with Crippen molar-refractivity contribution < 1.29 is 119 Å². The first kappa shape index (κ1) is 87.3. The summed E-state index contributed by atoms with van der Waals surface area (Å²) in [5.41, 5.74) is 16.0. The average Bonchev–Trinajstić information content (AvgIpc) is 0.906. The molecule has 8 aromatic rings. The van der Waals surface area contributed by atoms with Gasteiger partial charge in [0.05, 0.1) is 88.5 Å². The van der Waals surface area contributed by atoms with E-state index in [-0.39, 0.29) is 80.7 Å². The number of halogens is 14. The number of nitrogens with zero attached hydrogens (tertiary/aromatic N) is 10. The first-order valence-corrected chi connectivity index (χ1v) is 36.1. The van der Waals surface area contributed by atoms with E-state index in [1.54, 1.807) is 34.1 Å². The molecule has 4 fully saturated rings. The van der Waals surface area contributed by atoms with Crippen LogP contribution in [0.25, 0.3) is 33.8 Å². The number of piperidine rings is 2. The first-order chi connectivity index (χ1) is 54.0. The predicted molar refractivity (Wildman–Crippen MR) is 382 cm³/mol. The third kappa shape index (κ3) is 20.4. The fraction of sp³-hybridized carbons (Fsp3) is 0.432. The smallest absolute Gasteiger partial charge is 0.430 e. The van der Waals surface area contributed by atoms with E-state index in [1.165, 1.54) is 46.0 Å². The van der Waals surface area contributed by atoms with Crippen LogP contribution in [-0.4, -0.2) is 227 Å². The van der Waals surface area contributed by atoms with Gasteiger partial charge in [0.2, 0.25) is 11.6 Å². The minimum absolute atomic E-state index is 0.0575. The number of likely N-dealkylation sites (tertiary alicyclic amines) is 2. The second-order valence-electron chi connectivity index (χ2n) is 27.5. The number of rotatable bonds is 22. The summed E-state index contributed by atoms with van der Waals surface area (Å²) in [6.07, 6.45) is 1.66. The highest BCUT2D eigenvalue weighted by molar-refractivity contribution is 6.10.